The van der Waals surface area contributed by atoms with Crippen LogP contribution in [0.2, 0.25) is 0 Å². The van der Waals surface area contributed by atoms with Crippen molar-refractivity contribution >= 4 is 10.9 Å². The molecule has 1 aliphatic rings. The number of nitrogens with one attached hydrogen (secondary N) is 1. The Hall–Kier alpha value is -1.48. The Balaban J connectivity index is 2.12. The highest BCUT2D eigenvalue weighted by molar-refractivity contribution is 5.90. The van der Waals surface area contributed by atoms with E-state index in [1.807, 2.05) is 6.07 Å². The van der Waals surface area contributed by atoms with E-state index >= 15 is 0 Å². The number of rotatable bonds is 4. The lowest BCUT2D eigenvalue weighted by molar-refractivity contribution is 0.419. The van der Waals surface area contributed by atoms with Crippen LogP contribution in [-0.2, 0) is 0 Å². The van der Waals surface area contributed by atoms with Gasteiger partial charge in [-0.25, -0.2) is 0 Å². The van der Waals surface area contributed by atoms with Crippen LogP contribution in [-0.4, -0.2) is 18.6 Å². The smallest absolute Gasteiger partial charge is 0.142 e. The van der Waals surface area contributed by atoms with Crippen LogP contribution in [0, 0.1) is 12.8 Å². The number of hydrogen-bond acceptors (Lipinski definition) is 2. The van der Waals surface area contributed by atoms with Gasteiger partial charge in [0.05, 0.1) is 12.6 Å². The molecule has 1 aliphatic carbocycles. The fraction of sp³-hybridized carbons (Fsp3) is 0.529. The molecule has 1 atom stereocenters. The second-order valence-corrected chi connectivity index (χ2v) is 5.93. The molecule has 3 nitrogen and oxygen atoms in total. The number of aromatic nitrogens is 1. The fourth-order valence-corrected chi connectivity index (χ4v) is 3.90. The van der Waals surface area contributed by atoms with Crippen molar-refractivity contribution in [2.24, 2.45) is 11.7 Å². The van der Waals surface area contributed by atoms with Gasteiger partial charge >= 0.3 is 0 Å². The highest BCUT2D eigenvalue weighted by Crippen LogP contribution is 2.42. The van der Waals surface area contributed by atoms with Crippen LogP contribution in [0.15, 0.2) is 18.2 Å². The number of methoxy groups -OCH3 is 1. The van der Waals surface area contributed by atoms with Crippen molar-refractivity contribution < 1.29 is 4.74 Å². The molecule has 1 aromatic carbocycles. The van der Waals surface area contributed by atoms with Gasteiger partial charge in [0.15, 0.2) is 0 Å². The van der Waals surface area contributed by atoms with Crippen LogP contribution in [0.5, 0.6) is 5.75 Å². The van der Waals surface area contributed by atoms with Crippen LogP contribution in [0.4, 0.5) is 0 Å². The summed E-state index contributed by atoms with van der Waals surface area (Å²) in [7, 11) is 1.72. The van der Waals surface area contributed by atoms with Crippen molar-refractivity contribution in [2.75, 3.05) is 13.7 Å². The van der Waals surface area contributed by atoms with Gasteiger partial charge in [-0.05, 0) is 43.9 Å². The van der Waals surface area contributed by atoms with Gasteiger partial charge in [-0.3, -0.25) is 0 Å². The molecule has 108 valence electrons. The molecule has 0 amide bonds. The minimum absolute atomic E-state index is 0.471. The van der Waals surface area contributed by atoms with E-state index in [9.17, 15) is 0 Å². The first-order valence-corrected chi connectivity index (χ1v) is 7.61. The van der Waals surface area contributed by atoms with Crippen LogP contribution < -0.4 is 10.5 Å². The minimum Gasteiger partial charge on any atom is -0.495 e. The number of aryl methyl sites for hydroxylation is 1. The van der Waals surface area contributed by atoms with Gasteiger partial charge in [0.1, 0.15) is 5.75 Å². The summed E-state index contributed by atoms with van der Waals surface area (Å²) in [4.78, 5) is 3.50. The number of hydrogen-bond donors (Lipinski definition) is 2. The maximum atomic E-state index is 6.13. The molecule has 0 saturated heterocycles. The number of benzene rings is 1. The largest absolute Gasteiger partial charge is 0.495 e. The first-order chi connectivity index (χ1) is 9.76. The predicted octanol–water partition coefficient (Wildman–Crippen LogP) is 3.72. The first kappa shape index (κ1) is 13.5. The van der Waals surface area contributed by atoms with Gasteiger partial charge in [0.2, 0.25) is 0 Å². The van der Waals surface area contributed by atoms with Crippen molar-refractivity contribution in [2.45, 2.75) is 38.5 Å². The van der Waals surface area contributed by atoms with Gasteiger partial charge in [-0.2, -0.15) is 0 Å². The average Bonchev–Trinajstić information content (AvgIpc) is 3.08. The molecule has 1 unspecified atom stereocenters. The molecular weight excluding hydrogens is 248 g/mol. The van der Waals surface area contributed by atoms with Crippen molar-refractivity contribution in [1.29, 1.82) is 0 Å². The zero-order chi connectivity index (χ0) is 14.1. The topological polar surface area (TPSA) is 51.0 Å². The Morgan fingerprint density at radius 1 is 1.35 bits per heavy atom. The Morgan fingerprint density at radius 2 is 2.10 bits per heavy atom. The highest BCUT2D eigenvalue weighted by Gasteiger charge is 2.28. The molecule has 2 aromatic rings. The van der Waals surface area contributed by atoms with E-state index in [2.05, 4.69) is 24.0 Å². The molecule has 0 radical (unpaired) electrons. The lowest BCUT2D eigenvalue weighted by atomic mass is 9.83. The first-order valence-electron chi connectivity index (χ1n) is 7.61. The van der Waals surface area contributed by atoms with Gasteiger partial charge in [0.25, 0.3) is 0 Å². The van der Waals surface area contributed by atoms with Crippen LogP contribution in [0.1, 0.15) is 42.9 Å². The number of fused-ring (bicyclic) bond motifs is 1. The zero-order valence-corrected chi connectivity index (χ0v) is 12.4. The highest BCUT2D eigenvalue weighted by atomic mass is 16.5. The minimum atomic E-state index is 0.471. The van der Waals surface area contributed by atoms with E-state index in [4.69, 9.17) is 10.5 Å². The second kappa shape index (κ2) is 5.49. The van der Waals surface area contributed by atoms with Gasteiger partial charge in [-0.1, -0.05) is 25.0 Å². The summed E-state index contributed by atoms with van der Waals surface area (Å²) in [5.41, 5.74) is 9.89. The van der Waals surface area contributed by atoms with Crippen molar-refractivity contribution in [3.8, 4) is 5.75 Å². The van der Waals surface area contributed by atoms with E-state index < -0.39 is 0 Å². The fourth-order valence-electron chi connectivity index (χ4n) is 3.90. The van der Waals surface area contributed by atoms with Crippen molar-refractivity contribution in [3.63, 3.8) is 0 Å². The van der Waals surface area contributed by atoms with E-state index in [0.29, 0.717) is 5.92 Å². The van der Waals surface area contributed by atoms with Gasteiger partial charge in [0, 0.05) is 17.0 Å². The average molecular weight is 272 g/mol. The number of H-pyrrole nitrogens is 1. The van der Waals surface area contributed by atoms with Crippen LogP contribution in [0.25, 0.3) is 10.9 Å². The maximum absolute atomic E-state index is 6.13. The zero-order valence-electron chi connectivity index (χ0n) is 12.4. The SMILES string of the molecule is COc1cccc2c(C(CN)C3CCCC3)c(C)[nH]c12. The Morgan fingerprint density at radius 3 is 2.75 bits per heavy atom. The summed E-state index contributed by atoms with van der Waals surface area (Å²) >= 11 is 0. The maximum Gasteiger partial charge on any atom is 0.142 e. The second-order valence-electron chi connectivity index (χ2n) is 5.93. The number of aromatic amines is 1. The van der Waals surface area contributed by atoms with E-state index in [0.717, 1.165) is 23.7 Å². The van der Waals surface area contributed by atoms with Crippen molar-refractivity contribution in [3.05, 3.63) is 29.5 Å². The molecule has 3 N–H and O–H groups in total. The summed E-state index contributed by atoms with van der Waals surface area (Å²) in [5.74, 6) is 2.13. The third-order valence-corrected chi connectivity index (χ3v) is 4.85. The third kappa shape index (κ3) is 2.10. The normalized spacial score (nSPS) is 17.8. The molecule has 0 spiro atoms. The number of nitrogens with two attached hydrogens (primary N) is 1. The van der Waals surface area contributed by atoms with E-state index in [-0.39, 0.29) is 0 Å². The Kier molecular flexibility index (Phi) is 3.70. The molecule has 3 rings (SSSR count). The molecule has 0 bridgehead atoms. The summed E-state index contributed by atoms with van der Waals surface area (Å²) < 4.78 is 5.47. The van der Waals surface area contributed by atoms with E-state index in [1.165, 1.54) is 42.3 Å². The van der Waals surface area contributed by atoms with Gasteiger partial charge in [-0.15, -0.1) is 0 Å². The number of para-hydroxylation sites is 1. The number of ether oxygens (including phenoxy) is 1. The van der Waals surface area contributed by atoms with Gasteiger partial charge < -0.3 is 15.5 Å². The molecule has 1 heterocycles. The van der Waals surface area contributed by atoms with E-state index in [1.54, 1.807) is 7.11 Å². The molecule has 0 aliphatic heterocycles. The molecular formula is C17H24N2O. The molecule has 1 saturated carbocycles. The lowest BCUT2D eigenvalue weighted by Crippen LogP contribution is -2.20. The quantitative estimate of drug-likeness (QED) is 0.891. The van der Waals surface area contributed by atoms with Crippen molar-refractivity contribution in [1.82, 2.24) is 4.98 Å². The predicted molar refractivity (Wildman–Crippen MR) is 83.3 cm³/mol. The molecule has 3 heteroatoms. The monoisotopic (exact) mass is 272 g/mol. The molecule has 20 heavy (non-hydrogen) atoms. The third-order valence-electron chi connectivity index (χ3n) is 4.85. The summed E-state index contributed by atoms with van der Waals surface area (Å²) in [6, 6.07) is 6.27. The van der Waals surface area contributed by atoms with Crippen LogP contribution >= 0.6 is 0 Å². The molecule has 1 aromatic heterocycles. The standard InChI is InChI=1S/C17H24N2O/c1-11-16(14(10-18)12-6-3-4-7-12)13-8-5-9-15(20-2)17(13)19-11/h5,8-9,12,14,19H,3-4,6-7,10,18H2,1-2H3. The van der Waals surface area contributed by atoms with Crippen LogP contribution in [0.3, 0.4) is 0 Å². The molecule has 1 fully saturated rings. The summed E-state index contributed by atoms with van der Waals surface area (Å²) in [6.45, 7) is 2.89. The summed E-state index contributed by atoms with van der Waals surface area (Å²) in [6.07, 6.45) is 5.34. The summed E-state index contributed by atoms with van der Waals surface area (Å²) in [5, 5.41) is 1.28. The lowest BCUT2D eigenvalue weighted by Gasteiger charge is -2.22. The Labute approximate surface area is 120 Å². The Bertz CT molecular complexity index is 596.